The molecule has 1 saturated heterocycles. The number of imide groups is 1. The average Bonchev–Trinajstić information content (AvgIpc) is 2.71. The van der Waals surface area contributed by atoms with Crippen LogP contribution in [-0.2, 0) is 0 Å². The van der Waals surface area contributed by atoms with E-state index in [1.165, 1.54) is 31.4 Å². The van der Waals surface area contributed by atoms with Gasteiger partial charge in [0.1, 0.15) is 5.75 Å². The molecule has 0 aromatic heterocycles. The molecule has 4 amide bonds. The number of piperidine rings is 1. The molecule has 1 aliphatic rings. The molecule has 2 aromatic carbocycles. The summed E-state index contributed by atoms with van der Waals surface area (Å²) in [6, 6.07) is 8.21. The first-order chi connectivity index (χ1) is 16.3. The Hall–Kier alpha value is -1.81. The van der Waals surface area contributed by atoms with Crippen LogP contribution in [-0.4, -0.2) is 42.1 Å². The number of hydrogen-bond acceptors (Lipinski definition) is 5. The van der Waals surface area contributed by atoms with E-state index >= 15 is 0 Å². The van der Waals surface area contributed by atoms with E-state index in [0.29, 0.717) is 16.3 Å². The Bertz CT molecular complexity index is 1150. The third-order valence-corrected chi connectivity index (χ3v) is 6.19. The van der Waals surface area contributed by atoms with E-state index in [0.717, 1.165) is 12.8 Å². The summed E-state index contributed by atoms with van der Waals surface area (Å²) in [7, 11) is 1.44. The van der Waals surface area contributed by atoms with Gasteiger partial charge < -0.3 is 22.1 Å². The van der Waals surface area contributed by atoms with Crippen molar-refractivity contribution in [1.82, 2.24) is 16.0 Å². The summed E-state index contributed by atoms with van der Waals surface area (Å²) in [5.41, 5.74) is 0.438. The van der Waals surface area contributed by atoms with Gasteiger partial charge in [-0.1, -0.05) is 23.2 Å². The smallest absolute Gasteiger partial charge is 1.00 e. The normalized spacial score (nSPS) is 16.3. The molecule has 11 heteroatoms. The number of hydrogen-bond donors (Lipinski definition) is 4. The largest absolute Gasteiger partial charge is 1.00 e. The van der Waals surface area contributed by atoms with Crippen LogP contribution in [0.3, 0.4) is 0 Å². The van der Waals surface area contributed by atoms with Crippen LogP contribution >= 0.6 is 23.2 Å². The topological polar surface area (TPSA) is 109 Å². The zero-order valence-electron chi connectivity index (χ0n) is 22.3. The van der Waals surface area contributed by atoms with Gasteiger partial charge in [-0.25, -0.2) is 4.79 Å². The molecule has 0 spiro atoms. The molecule has 0 radical (unpaired) electrons. The van der Waals surface area contributed by atoms with Gasteiger partial charge in [-0.15, -0.1) is 0 Å². The second kappa shape index (κ2) is 12.2. The fourth-order valence-corrected chi connectivity index (χ4v) is 5.13. The number of amides is 4. The van der Waals surface area contributed by atoms with Crippen molar-refractivity contribution in [2.45, 2.75) is 57.7 Å². The van der Waals surface area contributed by atoms with E-state index < -0.39 is 11.9 Å². The predicted octanol–water partition coefficient (Wildman–Crippen LogP) is 2.12. The van der Waals surface area contributed by atoms with Crippen LogP contribution in [0.1, 0.15) is 62.7 Å². The maximum absolute atomic E-state index is 13.0. The minimum Gasteiger partial charge on any atom is -1.00 e. The van der Waals surface area contributed by atoms with Gasteiger partial charge in [0.2, 0.25) is 0 Å². The van der Waals surface area contributed by atoms with Crippen molar-refractivity contribution in [3.63, 3.8) is 0 Å². The second-order valence-electron chi connectivity index (χ2n) is 9.92. The summed E-state index contributed by atoms with van der Waals surface area (Å²) in [6.45, 7) is 8.44. The molecule has 4 N–H and O–H groups in total. The van der Waals surface area contributed by atoms with E-state index in [1.54, 1.807) is 12.1 Å². The monoisotopic (exact) mass is 544 g/mol. The SMILES string of the molecule is COc1ccc(C(=O)NC2CC(C)(C)NC(C)(C)C2)cc1NC(=O)NC(=O)c1ccc(Cl)cc1Cl.[H-].[Na+]. The number of halogens is 2. The van der Waals surface area contributed by atoms with E-state index in [1.807, 2.05) is 0 Å². The van der Waals surface area contributed by atoms with Crippen molar-refractivity contribution in [2.24, 2.45) is 0 Å². The molecular weight excluding hydrogens is 514 g/mol. The summed E-state index contributed by atoms with van der Waals surface area (Å²) in [5.74, 6) is -0.635. The minimum atomic E-state index is -0.807. The Labute approximate surface area is 245 Å². The first-order valence-corrected chi connectivity index (χ1v) is 11.9. The van der Waals surface area contributed by atoms with Gasteiger partial charge >= 0.3 is 35.6 Å². The van der Waals surface area contributed by atoms with Crippen LogP contribution < -0.4 is 55.6 Å². The van der Waals surface area contributed by atoms with Gasteiger partial charge in [0.05, 0.1) is 23.4 Å². The van der Waals surface area contributed by atoms with Gasteiger partial charge in [0.25, 0.3) is 11.8 Å². The third kappa shape index (κ3) is 8.10. The Morgan fingerprint density at radius 1 is 1.00 bits per heavy atom. The van der Waals surface area contributed by atoms with E-state index in [9.17, 15) is 14.4 Å². The summed E-state index contributed by atoms with van der Waals surface area (Å²) in [6.07, 6.45) is 1.56. The Morgan fingerprint density at radius 3 is 2.22 bits per heavy atom. The first kappa shape index (κ1) is 30.4. The molecular formula is C25H31Cl2N4NaO4. The first-order valence-electron chi connectivity index (χ1n) is 11.1. The van der Waals surface area contributed by atoms with Gasteiger partial charge in [0, 0.05) is 27.7 Å². The minimum absolute atomic E-state index is 0. The quantitative estimate of drug-likeness (QED) is 0.431. The summed E-state index contributed by atoms with van der Waals surface area (Å²) in [4.78, 5) is 38.0. The van der Waals surface area contributed by atoms with Crippen LogP contribution in [0.2, 0.25) is 10.0 Å². The van der Waals surface area contributed by atoms with E-state index in [-0.39, 0.29) is 70.3 Å². The third-order valence-electron chi connectivity index (χ3n) is 5.64. The number of urea groups is 1. The molecule has 1 heterocycles. The molecule has 190 valence electrons. The molecule has 0 bridgehead atoms. The summed E-state index contributed by atoms with van der Waals surface area (Å²) in [5, 5.41) is 11.9. The summed E-state index contributed by atoms with van der Waals surface area (Å²) < 4.78 is 5.30. The van der Waals surface area contributed by atoms with Gasteiger partial charge in [-0.2, -0.15) is 0 Å². The summed E-state index contributed by atoms with van der Waals surface area (Å²) >= 11 is 11.9. The molecule has 2 aromatic rings. The number of ether oxygens (including phenoxy) is 1. The van der Waals surface area contributed by atoms with Crippen molar-refractivity contribution < 1.29 is 50.1 Å². The van der Waals surface area contributed by atoms with Crippen LogP contribution in [0, 0.1) is 0 Å². The van der Waals surface area contributed by atoms with Crippen LogP contribution in [0.25, 0.3) is 0 Å². The Balaban J connectivity index is 0.00000342. The number of carbonyl (C=O) groups is 3. The van der Waals surface area contributed by atoms with Gasteiger partial charge in [0.15, 0.2) is 0 Å². The van der Waals surface area contributed by atoms with Gasteiger partial charge in [-0.3, -0.25) is 14.9 Å². The maximum atomic E-state index is 13.0. The van der Waals surface area contributed by atoms with E-state index in [4.69, 9.17) is 27.9 Å². The van der Waals surface area contributed by atoms with Crippen LogP contribution in [0.15, 0.2) is 36.4 Å². The van der Waals surface area contributed by atoms with Crippen molar-refractivity contribution in [2.75, 3.05) is 12.4 Å². The zero-order chi connectivity index (χ0) is 26.0. The molecule has 0 unspecified atom stereocenters. The fourth-order valence-electron chi connectivity index (χ4n) is 4.64. The second-order valence-corrected chi connectivity index (χ2v) is 10.8. The molecule has 1 aliphatic heterocycles. The molecule has 3 rings (SSSR count). The zero-order valence-corrected chi connectivity index (χ0v) is 24.9. The molecule has 0 atom stereocenters. The van der Waals surface area contributed by atoms with Crippen LogP contribution in [0.4, 0.5) is 10.5 Å². The predicted molar refractivity (Wildman–Crippen MR) is 139 cm³/mol. The van der Waals surface area contributed by atoms with Crippen molar-refractivity contribution in [3.8, 4) is 5.75 Å². The number of carbonyl (C=O) groups excluding carboxylic acids is 3. The van der Waals surface area contributed by atoms with Crippen LogP contribution in [0.5, 0.6) is 5.75 Å². The van der Waals surface area contributed by atoms with Gasteiger partial charge in [-0.05, 0) is 76.9 Å². The maximum Gasteiger partial charge on any atom is 1.00 e. The Morgan fingerprint density at radius 2 is 1.64 bits per heavy atom. The number of nitrogens with one attached hydrogen (secondary N) is 4. The average molecular weight is 545 g/mol. The molecule has 1 fully saturated rings. The molecule has 36 heavy (non-hydrogen) atoms. The number of methoxy groups -OCH3 is 1. The van der Waals surface area contributed by atoms with Crippen molar-refractivity contribution in [1.29, 1.82) is 0 Å². The van der Waals surface area contributed by atoms with Crippen molar-refractivity contribution in [3.05, 3.63) is 57.6 Å². The standard InChI is InChI=1S/C25H30Cl2N4O4.Na.H/c1-24(2)12-16(13-25(3,4)31-24)28-21(32)14-6-9-20(35-5)19(10-14)29-23(34)30-22(33)17-8-7-15(26)11-18(17)27;;/h6-11,16,31H,12-13H2,1-5H3,(H,28,32)(H2,29,30,33,34);;/q;+1;-1. The van der Waals surface area contributed by atoms with E-state index in [2.05, 4.69) is 49.0 Å². The Kier molecular flexibility index (Phi) is 10.3. The molecule has 0 saturated carbocycles. The molecule has 0 aliphatic carbocycles. The number of anilines is 1. The number of benzene rings is 2. The van der Waals surface area contributed by atoms with Crippen molar-refractivity contribution >= 4 is 46.7 Å². The molecule has 8 nitrogen and oxygen atoms in total. The fraction of sp³-hybridized carbons (Fsp3) is 0.400. The number of rotatable bonds is 5.